The Hall–Kier alpha value is -2.17. The van der Waals surface area contributed by atoms with Gasteiger partial charge in [-0.25, -0.2) is 9.97 Å². The van der Waals surface area contributed by atoms with Crippen LogP contribution < -0.4 is 10.2 Å². The van der Waals surface area contributed by atoms with Crippen LogP contribution in [-0.4, -0.2) is 28.0 Å². The number of piperidine rings is 1. The van der Waals surface area contributed by atoms with Crippen LogP contribution in [0.25, 0.3) is 0 Å². The molecule has 1 saturated heterocycles. The van der Waals surface area contributed by atoms with Crippen LogP contribution in [0.2, 0.25) is 0 Å². The van der Waals surface area contributed by atoms with Gasteiger partial charge >= 0.3 is 0 Å². The first-order chi connectivity index (χ1) is 10.7. The minimum absolute atomic E-state index is 0.674. The van der Waals surface area contributed by atoms with E-state index in [4.69, 9.17) is 0 Å². The Bertz CT molecular complexity index is 606. The molecule has 5 nitrogen and oxygen atoms in total. The molecule has 0 atom stereocenters. The molecule has 0 aromatic carbocycles. The molecule has 22 heavy (non-hydrogen) atoms. The molecule has 1 N–H and O–H groups in total. The van der Waals surface area contributed by atoms with Crippen molar-refractivity contribution in [3.63, 3.8) is 0 Å². The Morgan fingerprint density at radius 3 is 2.77 bits per heavy atom. The van der Waals surface area contributed by atoms with Crippen molar-refractivity contribution in [3.05, 3.63) is 42.0 Å². The number of aromatic nitrogens is 3. The Labute approximate surface area is 131 Å². The predicted molar refractivity (Wildman–Crippen MR) is 88.9 cm³/mol. The van der Waals surface area contributed by atoms with Gasteiger partial charge in [0.2, 0.25) is 0 Å². The van der Waals surface area contributed by atoms with E-state index in [9.17, 15) is 0 Å². The van der Waals surface area contributed by atoms with Crippen LogP contribution in [-0.2, 0) is 6.54 Å². The molecule has 1 fully saturated rings. The van der Waals surface area contributed by atoms with Crippen LogP contribution >= 0.6 is 0 Å². The summed E-state index contributed by atoms with van der Waals surface area (Å²) in [6, 6.07) is 7.98. The second kappa shape index (κ2) is 6.73. The Morgan fingerprint density at radius 2 is 2.05 bits per heavy atom. The van der Waals surface area contributed by atoms with E-state index in [1.807, 2.05) is 37.4 Å². The van der Waals surface area contributed by atoms with Gasteiger partial charge in [-0.2, -0.15) is 0 Å². The zero-order valence-corrected chi connectivity index (χ0v) is 13.3. The fourth-order valence-corrected chi connectivity index (χ4v) is 2.73. The molecule has 1 aliphatic heterocycles. The highest BCUT2D eigenvalue weighted by atomic mass is 15.2. The molecule has 0 aliphatic carbocycles. The smallest absolute Gasteiger partial charge is 0.134 e. The van der Waals surface area contributed by atoms with Crippen LogP contribution in [0.3, 0.4) is 0 Å². The maximum atomic E-state index is 4.60. The van der Waals surface area contributed by atoms with E-state index in [-0.39, 0.29) is 0 Å². The molecule has 0 unspecified atom stereocenters. The normalized spacial score (nSPS) is 15.8. The van der Waals surface area contributed by atoms with Crippen LogP contribution in [0.5, 0.6) is 0 Å². The van der Waals surface area contributed by atoms with E-state index in [0.29, 0.717) is 6.54 Å². The molecule has 0 saturated carbocycles. The first kappa shape index (κ1) is 14.8. The van der Waals surface area contributed by atoms with E-state index in [2.05, 4.69) is 32.1 Å². The average Bonchev–Trinajstić information content (AvgIpc) is 2.54. The van der Waals surface area contributed by atoms with Crippen molar-refractivity contribution in [3.8, 4) is 0 Å². The van der Waals surface area contributed by atoms with Gasteiger partial charge in [-0.1, -0.05) is 13.0 Å². The van der Waals surface area contributed by atoms with Crippen LogP contribution in [0.4, 0.5) is 11.6 Å². The molecule has 2 aromatic rings. The van der Waals surface area contributed by atoms with Gasteiger partial charge in [0.15, 0.2) is 0 Å². The van der Waals surface area contributed by atoms with E-state index >= 15 is 0 Å². The topological polar surface area (TPSA) is 53.9 Å². The maximum Gasteiger partial charge on any atom is 0.134 e. The van der Waals surface area contributed by atoms with Gasteiger partial charge in [0.25, 0.3) is 0 Å². The molecule has 5 heteroatoms. The number of hydrogen-bond acceptors (Lipinski definition) is 5. The fraction of sp³-hybridized carbons (Fsp3) is 0.471. The van der Waals surface area contributed by atoms with Crippen molar-refractivity contribution >= 4 is 11.6 Å². The average molecular weight is 297 g/mol. The van der Waals surface area contributed by atoms with Crippen molar-refractivity contribution < 1.29 is 0 Å². The summed E-state index contributed by atoms with van der Waals surface area (Å²) >= 11 is 0. The maximum absolute atomic E-state index is 4.60. The first-order valence-corrected chi connectivity index (χ1v) is 7.95. The van der Waals surface area contributed by atoms with Gasteiger partial charge < -0.3 is 10.2 Å². The molecule has 2 aromatic heterocycles. The minimum atomic E-state index is 0.674. The lowest BCUT2D eigenvalue weighted by Crippen LogP contribution is -2.33. The Balaban J connectivity index is 1.70. The monoisotopic (exact) mass is 297 g/mol. The second-order valence-electron chi connectivity index (χ2n) is 6.00. The lowest BCUT2D eigenvalue weighted by molar-refractivity contribution is 0.436. The number of nitrogens with zero attached hydrogens (tertiary/aromatic N) is 4. The zero-order chi connectivity index (χ0) is 15.4. The van der Waals surface area contributed by atoms with Crippen LogP contribution in [0.1, 0.15) is 31.3 Å². The summed E-state index contributed by atoms with van der Waals surface area (Å²) in [6.45, 7) is 7.10. The number of nitrogens with one attached hydrogen (secondary N) is 1. The van der Waals surface area contributed by atoms with Gasteiger partial charge in [0, 0.05) is 25.4 Å². The lowest BCUT2D eigenvalue weighted by atomic mass is 9.99. The second-order valence-corrected chi connectivity index (χ2v) is 6.00. The summed E-state index contributed by atoms with van der Waals surface area (Å²) in [4.78, 5) is 15.8. The van der Waals surface area contributed by atoms with Crippen LogP contribution in [0.15, 0.2) is 30.5 Å². The standard InChI is InChI=1S/C17H23N5/c1-13-6-9-22(10-7-13)17-11-16(20-14(2)21-17)19-12-15-5-3-4-8-18-15/h3-5,8,11,13H,6-7,9-10,12H2,1-2H3,(H,19,20,21). The molecular weight excluding hydrogens is 274 g/mol. The zero-order valence-electron chi connectivity index (χ0n) is 13.3. The Morgan fingerprint density at radius 1 is 1.23 bits per heavy atom. The molecular formula is C17H23N5. The fourth-order valence-electron chi connectivity index (χ4n) is 2.73. The molecule has 116 valence electrons. The Kier molecular flexibility index (Phi) is 4.51. The number of aryl methyl sites for hydroxylation is 1. The van der Waals surface area contributed by atoms with E-state index < -0.39 is 0 Å². The van der Waals surface area contributed by atoms with Gasteiger partial charge in [-0.15, -0.1) is 0 Å². The number of rotatable bonds is 4. The van der Waals surface area contributed by atoms with Crippen molar-refractivity contribution in [2.75, 3.05) is 23.3 Å². The van der Waals surface area contributed by atoms with Crippen molar-refractivity contribution in [1.82, 2.24) is 15.0 Å². The van der Waals surface area contributed by atoms with Crippen molar-refractivity contribution in [1.29, 1.82) is 0 Å². The molecule has 3 heterocycles. The number of hydrogen-bond donors (Lipinski definition) is 1. The van der Waals surface area contributed by atoms with E-state index in [1.165, 1.54) is 12.8 Å². The molecule has 0 amide bonds. The summed E-state index contributed by atoms with van der Waals surface area (Å²) in [5, 5.41) is 3.35. The SMILES string of the molecule is Cc1nc(NCc2ccccn2)cc(N2CCC(C)CC2)n1. The summed E-state index contributed by atoms with van der Waals surface area (Å²) in [5.41, 5.74) is 1.01. The molecule has 0 spiro atoms. The highest BCUT2D eigenvalue weighted by molar-refractivity contribution is 5.49. The van der Waals surface area contributed by atoms with Gasteiger partial charge in [0.1, 0.15) is 17.5 Å². The summed E-state index contributed by atoms with van der Waals surface area (Å²) in [7, 11) is 0. The molecule has 0 bridgehead atoms. The minimum Gasteiger partial charge on any atom is -0.364 e. The van der Waals surface area contributed by atoms with Gasteiger partial charge in [-0.3, -0.25) is 4.98 Å². The first-order valence-electron chi connectivity index (χ1n) is 7.95. The summed E-state index contributed by atoms with van der Waals surface area (Å²) < 4.78 is 0. The van der Waals surface area contributed by atoms with Crippen LogP contribution in [0, 0.1) is 12.8 Å². The third kappa shape index (κ3) is 3.72. The van der Waals surface area contributed by atoms with E-state index in [0.717, 1.165) is 42.2 Å². The molecule has 1 aliphatic rings. The molecule has 0 radical (unpaired) electrons. The van der Waals surface area contributed by atoms with Crippen molar-refractivity contribution in [2.45, 2.75) is 33.2 Å². The van der Waals surface area contributed by atoms with Gasteiger partial charge in [0.05, 0.1) is 12.2 Å². The predicted octanol–water partition coefficient (Wildman–Crippen LogP) is 3.03. The van der Waals surface area contributed by atoms with Gasteiger partial charge in [-0.05, 0) is 37.8 Å². The highest BCUT2D eigenvalue weighted by Crippen LogP contribution is 2.23. The number of pyridine rings is 1. The number of anilines is 2. The quantitative estimate of drug-likeness (QED) is 0.940. The molecule has 3 rings (SSSR count). The van der Waals surface area contributed by atoms with Crippen molar-refractivity contribution in [2.24, 2.45) is 5.92 Å². The summed E-state index contributed by atoms with van der Waals surface area (Å²) in [5.74, 6) is 3.52. The van der Waals surface area contributed by atoms with E-state index in [1.54, 1.807) is 0 Å². The third-order valence-electron chi connectivity index (χ3n) is 4.11. The highest BCUT2D eigenvalue weighted by Gasteiger charge is 2.17. The largest absolute Gasteiger partial charge is 0.364 e. The third-order valence-corrected chi connectivity index (χ3v) is 4.11. The lowest BCUT2D eigenvalue weighted by Gasteiger charge is -2.31. The summed E-state index contributed by atoms with van der Waals surface area (Å²) in [6.07, 6.45) is 4.28.